The van der Waals surface area contributed by atoms with Crippen molar-refractivity contribution in [2.45, 2.75) is 44.4 Å². The van der Waals surface area contributed by atoms with Crippen molar-refractivity contribution >= 4 is 0 Å². The second kappa shape index (κ2) is 6.70. The fraction of sp³-hybridized carbons (Fsp3) is 0.647. The Balaban J connectivity index is 1.53. The van der Waals surface area contributed by atoms with E-state index in [1.807, 2.05) is 0 Å². The minimum Gasteiger partial charge on any atom is -0.390 e. The number of aliphatic hydroxyl groups is 1. The summed E-state index contributed by atoms with van der Waals surface area (Å²) in [7, 11) is 0. The van der Waals surface area contributed by atoms with Gasteiger partial charge in [-0.2, -0.15) is 0 Å². The van der Waals surface area contributed by atoms with Crippen LogP contribution in [0, 0.1) is 0 Å². The van der Waals surface area contributed by atoms with Crippen molar-refractivity contribution < 1.29 is 5.11 Å². The molecule has 2 aliphatic rings. The molecule has 1 N–H and O–H groups in total. The van der Waals surface area contributed by atoms with Crippen LogP contribution in [0.25, 0.3) is 0 Å². The van der Waals surface area contributed by atoms with Crippen LogP contribution < -0.4 is 0 Å². The molecule has 0 aliphatic carbocycles. The maximum atomic E-state index is 10.5. The lowest BCUT2D eigenvalue weighted by molar-refractivity contribution is -0.0213. The second-order valence-electron chi connectivity index (χ2n) is 6.24. The van der Waals surface area contributed by atoms with Gasteiger partial charge in [0.25, 0.3) is 0 Å². The molecule has 0 amide bonds. The summed E-state index contributed by atoms with van der Waals surface area (Å²) in [4.78, 5) is 4.91. The van der Waals surface area contributed by atoms with Gasteiger partial charge in [-0.15, -0.1) is 0 Å². The van der Waals surface area contributed by atoms with Crippen LogP contribution in [0.2, 0.25) is 0 Å². The molecule has 0 aromatic heterocycles. The molecular formula is C17H26N2O. The van der Waals surface area contributed by atoms with Gasteiger partial charge in [-0.1, -0.05) is 36.8 Å². The lowest BCUT2D eigenvalue weighted by Gasteiger charge is -2.43. The summed E-state index contributed by atoms with van der Waals surface area (Å²) in [6.07, 6.45) is 4.88. The molecule has 0 radical (unpaired) electrons. The molecule has 1 aromatic carbocycles. The van der Waals surface area contributed by atoms with E-state index in [0.717, 1.165) is 26.1 Å². The van der Waals surface area contributed by atoms with Crippen LogP contribution in [0.5, 0.6) is 0 Å². The van der Waals surface area contributed by atoms with Crippen molar-refractivity contribution in [1.82, 2.24) is 9.80 Å². The van der Waals surface area contributed by atoms with Gasteiger partial charge in [-0.05, 0) is 37.9 Å². The number of β-amino-alcohol motifs (C(OH)–C–C–N with tert-alkyl or cyclic N) is 1. The highest BCUT2D eigenvalue weighted by atomic mass is 16.3. The lowest BCUT2D eigenvalue weighted by Crippen LogP contribution is -2.55. The third kappa shape index (κ3) is 3.40. The van der Waals surface area contributed by atoms with Crippen LogP contribution in [0.1, 0.15) is 31.2 Å². The molecule has 2 heterocycles. The van der Waals surface area contributed by atoms with Crippen molar-refractivity contribution in [3.05, 3.63) is 35.9 Å². The molecule has 3 nitrogen and oxygen atoms in total. The van der Waals surface area contributed by atoms with Gasteiger partial charge in [0.1, 0.15) is 0 Å². The first-order valence-corrected chi connectivity index (χ1v) is 8.01. The Hall–Kier alpha value is -0.900. The number of rotatable bonds is 3. The van der Waals surface area contributed by atoms with E-state index in [1.54, 1.807) is 0 Å². The highest BCUT2D eigenvalue weighted by molar-refractivity contribution is 5.14. The number of hydrogen-bond acceptors (Lipinski definition) is 3. The van der Waals surface area contributed by atoms with E-state index in [2.05, 4.69) is 40.1 Å². The molecule has 20 heavy (non-hydrogen) atoms. The number of hydrogen-bond donors (Lipinski definition) is 1. The summed E-state index contributed by atoms with van der Waals surface area (Å²) in [5.41, 5.74) is 1.34. The fourth-order valence-electron chi connectivity index (χ4n) is 3.65. The van der Waals surface area contributed by atoms with Crippen LogP contribution in [0.4, 0.5) is 0 Å². The third-order valence-electron chi connectivity index (χ3n) is 4.74. The summed E-state index contributed by atoms with van der Waals surface area (Å²) in [5, 5.41) is 10.5. The number of aliphatic hydroxyl groups excluding tert-OH is 1. The highest BCUT2D eigenvalue weighted by Gasteiger charge is 2.32. The maximum absolute atomic E-state index is 10.5. The molecule has 110 valence electrons. The molecule has 2 aliphatic heterocycles. The normalized spacial score (nSPS) is 29.4. The van der Waals surface area contributed by atoms with E-state index in [0.29, 0.717) is 6.04 Å². The predicted octanol–water partition coefficient (Wildman–Crippen LogP) is 2.11. The van der Waals surface area contributed by atoms with E-state index in [-0.39, 0.29) is 6.10 Å². The zero-order chi connectivity index (χ0) is 13.8. The minimum atomic E-state index is -0.189. The Morgan fingerprint density at radius 2 is 1.75 bits per heavy atom. The molecule has 0 spiro atoms. The van der Waals surface area contributed by atoms with Gasteiger partial charge in [-0.3, -0.25) is 9.80 Å². The quantitative estimate of drug-likeness (QED) is 0.914. The van der Waals surface area contributed by atoms with Crippen LogP contribution in [-0.4, -0.2) is 53.2 Å². The van der Waals surface area contributed by atoms with Crippen LogP contribution >= 0.6 is 0 Å². The van der Waals surface area contributed by atoms with E-state index >= 15 is 0 Å². The number of benzene rings is 1. The summed E-state index contributed by atoms with van der Waals surface area (Å²) in [6.45, 7) is 5.24. The summed E-state index contributed by atoms with van der Waals surface area (Å²) >= 11 is 0. The molecular weight excluding hydrogens is 248 g/mol. The van der Waals surface area contributed by atoms with Gasteiger partial charge in [0.15, 0.2) is 0 Å². The van der Waals surface area contributed by atoms with Gasteiger partial charge < -0.3 is 5.11 Å². The number of nitrogens with zero attached hydrogens (tertiary/aromatic N) is 2. The first-order valence-electron chi connectivity index (χ1n) is 8.01. The van der Waals surface area contributed by atoms with Crippen molar-refractivity contribution in [2.75, 3.05) is 26.2 Å². The Kier molecular flexibility index (Phi) is 4.71. The van der Waals surface area contributed by atoms with Gasteiger partial charge in [0.2, 0.25) is 0 Å². The maximum Gasteiger partial charge on any atom is 0.0822 e. The summed E-state index contributed by atoms with van der Waals surface area (Å²) in [6, 6.07) is 11.0. The fourth-order valence-corrected chi connectivity index (χ4v) is 3.65. The SMILES string of the molecule is O[C@@H]1CN(Cc2ccccc2)CC[C@H]1N1CCCCC1. The van der Waals surface area contributed by atoms with Crippen LogP contribution in [-0.2, 0) is 6.54 Å². The smallest absolute Gasteiger partial charge is 0.0822 e. The van der Waals surface area contributed by atoms with E-state index < -0.39 is 0 Å². The first kappa shape index (κ1) is 14.1. The predicted molar refractivity (Wildman–Crippen MR) is 81.6 cm³/mol. The molecule has 0 bridgehead atoms. The standard InChI is InChI=1S/C17H26N2O/c20-17-14-18(13-15-7-3-1-4-8-15)12-9-16(17)19-10-5-2-6-11-19/h1,3-4,7-8,16-17,20H,2,5-6,9-14H2/t16-,17-/m1/s1. The molecule has 3 rings (SSSR count). The van der Waals surface area contributed by atoms with E-state index in [4.69, 9.17) is 0 Å². The Bertz CT molecular complexity index is 403. The molecule has 2 saturated heterocycles. The summed E-state index contributed by atoms with van der Waals surface area (Å²) in [5.74, 6) is 0. The van der Waals surface area contributed by atoms with E-state index in [1.165, 1.54) is 37.9 Å². The number of piperidine rings is 2. The van der Waals surface area contributed by atoms with Gasteiger partial charge in [0, 0.05) is 25.7 Å². The first-order chi connectivity index (χ1) is 9.83. The Labute approximate surface area is 122 Å². The van der Waals surface area contributed by atoms with Crippen molar-refractivity contribution in [2.24, 2.45) is 0 Å². The van der Waals surface area contributed by atoms with Gasteiger partial charge in [-0.25, -0.2) is 0 Å². The number of likely N-dealkylation sites (tertiary alicyclic amines) is 2. The molecule has 0 unspecified atom stereocenters. The van der Waals surface area contributed by atoms with Crippen LogP contribution in [0.15, 0.2) is 30.3 Å². The highest BCUT2D eigenvalue weighted by Crippen LogP contribution is 2.22. The zero-order valence-corrected chi connectivity index (χ0v) is 12.2. The topological polar surface area (TPSA) is 26.7 Å². The second-order valence-corrected chi connectivity index (χ2v) is 6.24. The van der Waals surface area contributed by atoms with Crippen LogP contribution in [0.3, 0.4) is 0 Å². The molecule has 2 fully saturated rings. The molecule has 1 aromatic rings. The Morgan fingerprint density at radius 1 is 1.00 bits per heavy atom. The van der Waals surface area contributed by atoms with Gasteiger partial charge >= 0.3 is 0 Å². The van der Waals surface area contributed by atoms with Gasteiger partial charge in [0.05, 0.1) is 6.10 Å². The third-order valence-corrected chi connectivity index (χ3v) is 4.74. The average Bonchev–Trinajstić information content (AvgIpc) is 2.49. The lowest BCUT2D eigenvalue weighted by atomic mass is 9.97. The van der Waals surface area contributed by atoms with E-state index in [9.17, 15) is 5.11 Å². The molecule has 3 heteroatoms. The Morgan fingerprint density at radius 3 is 2.45 bits per heavy atom. The minimum absolute atomic E-state index is 0.189. The largest absolute Gasteiger partial charge is 0.390 e. The van der Waals surface area contributed by atoms with Crippen molar-refractivity contribution in [1.29, 1.82) is 0 Å². The zero-order valence-electron chi connectivity index (χ0n) is 12.2. The summed E-state index contributed by atoms with van der Waals surface area (Å²) < 4.78 is 0. The van der Waals surface area contributed by atoms with Crippen molar-refractivity contribution in [3.63, 3.8) is 0 Å². The average molecular weight is 274 g/mol. The molecule has 2 atom stereocenters. The monoisotopic (exact) mass is 274 g/mol. The molecule has 0 saturated carbocycles. The van der Waals surface area contributed by atoms with Crippen molar-refractivity contribution in [3.8, 4) is 0 Å².